The highest BCUT2D eigenvalue weighted by atomic mass is 79.9. The van der Waals surface area contributed by atoms with Crippen LogP contribution in [-0.2, 0) is 13.6 Å². The summed E-state index contributed by atoms with van der Waals surface area (Å²) < 4.78 is 21.7. The van der Waals surface area contributed by atoms with Crippen molar-refractivity contribution < 1.29 is 35.5 Å². The standard InChI is InChI=1S/C19H18FN3O2.BrH/c1-22-17(13-6-8-15(20)9-7-13)11-23(19(22)21)12-18(24)14-4-3-5-16(10-14)25-2;/h3-11,21H,12H2,1-2H3;1H. The molecule has 3 aromatic rings. The number of nitrogens with two attached hydrogens (primary N) is 1. The number of rotatable bonds is 5. The number of halogens is 2. The summed E-state index contributed by atoms with van der Waals surface area (Å²) in [6, 6.07) is 13.1. The van der Waals surface area contributed by atoms with Crippen molar-refractivity contribution in [2.45, 2.75) is 6.54 Å². The van der Waals surface area contributed by atoms with Crippen molar-refractivity contribution in [1.82, 2.24) is 4.57 Å². The highest BCUT2D eigenvalue weighted by Gasteiger charge is 2.20. The van der Waals surface area contributed by atoms with E-state index in [-0.39, 0.29) is 35.1 Å². The van der Waals surface area contributed by atoms with Crippen molar-refractivity contribution in [1.29, 1.82) is 0 Å². The minimum Gasteiger partial charge on any atom is -1.00 e. The molecular weight excluding hydrogens is 401 g/mol. The number of aromatic nitrogens is 2. The Labute approximate surface area is 161 Å². The zero-order valence-electron chi connectivity index (χ0n) is 14.4. The molecule has 0 bridgehead atoms. The zero-order valence-corrected chi connectivity index (χ0v) is 16.0. The summed E-state index contributed by atoms with van der Waals surface area (Å²) in [7, 11) is 3.36. The monoisotopic (exact) mass is 419 g/mol. The maximum atomic E-state index is 13.1. The number of Topliss-reactive ketones (excluding diaryl/α,β-unsaturated/α-hetero) is 1. The van der Waals surface area contributed by atoms with E-state index in [4.69, 9.17) is 10.5 Å². The van der Waals surface area contributed by atoms with Crippen LogP contribution in [0.3, 0.4) is 0 Å². The van der Waals surface area contributed by atoms with Gasteiger partial charge in [-0.25, -0.2) is 13.5 Å². The van der Waals surface area contributed by atoms with Gasteiger partial charge in [-0.05, 0) is 36.4 Å². The molecular formula is C19H19BrFN3O2. The molecule has 2 N–H and O–H groups in total. The fourth-order valence-corrected chi connectivity index (χ4v) is 2.67. The lowest BCUT2D eigenvalue weighted by molar-refractivity contribution is -0.667. The topological polar surface area (TPSA) is 61.1 Å². The molecule has 3 rings (SSSR count). The van der Waals surface area contributed by atoms with Gasteiger partial charge in [-0.2, -0.15) is 0 Å². The molecule has 5 nitrogen and oxygen atoms in total. The summed E-state index contributed by atoms with van der Waals surface area (Å²) in [5.41, 5.74) is 8.31. The van der Waals surface area contributed by atoms with Gasteiger partial charge in [0.15, 0.2) is 5.78 Å². The molecule has 0 saturated carbocycles. The molecule has 7 heteroatoms. The summed E-state index contributed by atoms with van der Waals surface area (Å²) in [6.45, 7) is 0.105. The number of benzene rings is 2. The largest absolute Gasteiger partial charge is 1.00 e. The van der Waals surface area contributed by atoms with Gasteiger partial charge in [0.2, 0.25) is 0 Å². The number of anilines is 1. The number of carbonyl (C=O) groups excluding carboxylic acids is 1. The maximum Gasteiger partial charge on any atom is 0.355 e. The Bertz CT molecular complexity index is 923. The number of hydrogen-bond acceptors (Lipinski definition) is 3. The highest BCUT2D eigenvalue weighted by Crippen LogP contribution is 2.20. The number of nitrogens with zero attached hydrogens (tertiary/aromatic N) is 2. The number of methoxy groups -OCH3 is 1. The lowest BCUT2D eigenvalue weighted by Gasteiger charge is -2.03. The second-order valence-electron chi connectivity index (χ2n) is 5.72. The first-order chi connectivity index (χ1) is 12.0. The van der Waals surface area contributed by atoms with E-state index in [1.165, 1.54) is 12.1 Å². The number of imidazole rings is 1. The fourth-order valence-electron chi connectivity index (χ4n) is 2.67. The highest BCUT2D eigenvalue weighted by molar-refractivity contribution is 5.95. The Hall–Kier alpha value is -2.67. The zero-order chi connectivity index (χ0) is 18.0. The molecule has 0 aliphatic heterocycles. The van der Waals surface area contributed by atoms with Crippen LogP contribution in [-0.4, -0.2) is 17.5 Å². The van der Waals surface area contributed by atoms with Crippen LogP contribution in [0.15, 0.2) is 54.7 Å². The second-order valence-corrected chi connectivity index (χ2v) is 5.72. The Morgan fingerprint density at radius 3 is 2.58 bits per heavy atom. The predicted octanol–water partition coefficient (Wildman–Crippen LogP) is -0.404. The summed E-state index contributed by atoms with van der Waals surface area (Å²) in [4.78, 5) is 12.5. The Morgan fingerprint density at radius 1 is 1.23 bits per heavy atom. The van der Waals surface area contributed by atoms with Crippen molar-refractivity contribution >= 4 is 11.7 Å². The van der Waals surface area contributed by atoms with Crippen molar-refractivity contribution in [2.75, 3.05) is 12.8 Å². The molecule has 136 valence electrons. The second kappa shape index (κ2) is 8.14. The summed E-state index contributed by atoms with van der Waals surface area (Å²) in [6.07, 6.45) is 1.79. The molecule has 0 fully saturated rings. The van der Waals surface area contributed by atoms with Gasteiger partial charge in [-0.1, -0.05) is 12.1 Å². The third-order valence-corrected chi connectivity index (χ3v) is 4.12. The van der Waals surface area contributed by atoms with Crippen LogP contribution in [0.1, 0.15) is 10.4 Å². The average Bonchev–Trinajstić information content (AvgIpc) is 2.91. The third-order valence-electron chi connectivity index (χ3n) is 4.12. The van der Waals surface area contributed by atoms with Crippen LogP contribution in [0, 0.1) is 5.82 Å². The van der Waals surface area contributed by atoms with Gasteiger partial charge in [0.05, 0.1) is 14.2 Å². The Morgan fingerprint density at radius 2 is 1.92 bits per heavy atom. The number of carbonyl (C=O) groups is 1. The Kier molecular flexibility index (Phi) is 6.15. The van der Waals surface area contributed by atoms with Crippen LogP contribution in [0.4, 0.5) is 10.3 Å². The number of hydrogen-bond donors (Lipinski definition) is 1. The molecule has 0 unspecified atom stereocenters. The van der Waals surface area contributed by atoms with Crippen molar-refractivity contribution in [2.24, 2.45) is 7.05 Å². The third kappa shape index (κ3) is 3.94. The van der Waals surface area contributed by atoms with E-state index in [2.05, 4.69) is 0 Å². The number of ether oxygens (including phenoxy) is 1. The van der Waals surface area contributed by atoms with E-state index in [1.807, 2.05) is 0 Å². The first kappa shape index (κ1) is 19.7. The lowest BCUT2D eigenvalue weighted by Crippen LogP contribution is -3.00. The van der Waals surface area contributed by atoms with E-state index in [0.717, 1.165) is 11.3 Å². The fraction of sp³-hybridized carbons (Fsp3) is 0.158. The van der Waals surface area contributed by atoms with Crippen LogP contribution in [0.25, 0.3) is 11.3 Å². The van der Waals surface area contributed by atoms with E-state index in [1.54, 1.807) is 65.9 Å². The first-order valence-corrected chi connectivity index (χ1v) is 7.77. The summed E-state index contributed by atoms with van der Waals surface area (Å²) in [5.74, 6) is 0.693. The SMILES string of the molecule is COc1cccc(C(=O)C[n+]2cc(-c3ccc(F)cc3)n(C)c2N)c1.[Br-]. The Balaban J connectivity index is 0.00000243. The van der Waals surface area contributed by atoms with Gasteiger partial charge in [-0.3, -0.25) is 10.5 Å². The minimum atomic E-state index is -0.299. The van der Waals surface area contributed by atoms with E-state index in [9.17, 15) is 9.18 Å². The van der Waals surface area contributed by atoms with Crippen LogP contribution in [0.5, 0.6) is 5.75 Å². The molecule has 1 aromatic heterocycles. The van der Waals surface area contributed by atoms with Gasteiger partial charge in [-0.15, -0.1) is 0 Å². The van der Waals surface area contributed by atoms with E-state index >= 15 is 0 Å². The van der Waals surface area contributed by atoms with Gasteiger partial charge in [0, 0.05) is 11.1 Å². The molecule has 0 atom stereocenters. The van der Waals surface area contributed by atoms with Crippen molar-refractivity contribution in [3.63, 3.8) is 0 Å². The molecule has 0 aliphatic rings. The van der Waals surface area contributed by atoms with Crippen LogP contribution in [0.2, 0.25) is 0 Å². The predicted molar refractivity (Wildman–Crippen MR) is 92.7 cm³/mol. The lowest BCUT2D eigenvalue weighted by atomic mass is 10.1. The summed E-state index contributed by atoms with van der Waals surface area (Å²) in [5, 5.41) is 0. The normalized spacial score (nSPS) is 10.3. The van der Waals surface area contributed by atoms with Gasteiger partial charge >= 0.3 is 5.95 Å². The molecule has 1 heterocycles. The molecule has 0 radical (unpaired) electrons. The molecule has 0 spiro atoms. The molecule has 0 saturated heterocycles. The van der Waals surface area contributed by atoms with Gasteiger partial charge in [0.1, 0.15) is 30.0 Å². The quantitative estimate of drug-likeness (QED) is 0.452. The van der Waals surface area contributed by atoms with Crippen LogP contribution < -0.4 is 32.0 Å². The minimum absolute atomic E-state index is 0. The summed E-state index contributed by atoms with van der Waals surface area (Å²) >= 11 is 0. The molecule has 26 heavy (non-hydrogen) atoms. The maximum absolute atomic E-state index is 13.1. The molecule has 0 aliphatic carbocycles. The van der Waals surface area contributed by atoms with E-state index in [0.29, 0.717) is 17.3 Å². The smallest absolute Gasteiger partial charge is 0.355 e. The van der Waals surface area contributed by atoms with Crippen LogP contribution >= 0.6 is 0 Å². The first-order valence-electron chi connectivity index (χ1n) is 7.77. The van der Waals surface area contributed by atoms with Crippen molar-refractivity contribution in [3.8, 4) is 17.0 Å². The van der Waals surface area contributed by atoms with Gasteiger partial charge < -0.3 is 21.7 Å². The molecule has 0 amide bonds. The van der Waals surface area contributed by atoms with Gasteiger partial charge in [0.25, 0.3) is 0 Å². The number of ketones is 1. The average molecular weight is 420 g/mol. The number of nitrogen functional groups attached to an aromatic ring is 1. The van der Waals surface area contributed by atoms with E-state index < -0.39 is 0 Å². The van der Waals surface area contributed by atoms with Crippen molar-refractivity contribution in [3.05, 3.63) is 66.1 Å². The molecule has 2 aromatic carbocycles.